The van der Waals surface area contributed by atoms with Crippen LogP contribution in [0.5, 0.6) is 0 Å². The number of carbonyl (C=O) groups excluding carboxylic acids is 6. The van der Waals surface area contributed by atoms with E-state index in [4.69, 9.17) is 9.47 Å². The van der Waals surface area contributed by atoms with E-state index in [1.54, 1.807) is 13.1 Å². The highest BCUT2D eigenvalue weighted by Gasteiger charge is 2.43. The van der Waals surface area contributed by atoms with Crippen LogP contribution >= 0.6 is 0 Å². The van der Waals surface area contributed by atoms with Crippen LogP contribution in [0.25, 0.3) is 0 Å². The number of nitrogens with one attached hydrogen (secondary N) is 2. The molecule has 0 heterocycles. The number of hydrogen-bond donors (Lipinski definition) is 2. The van der Waals surface area contributed by atoms with Crippen LogP contribution in [0, 0.1) is 16.7 Å². The summed E-state index contributed by atoms with van der Waals surface area (Å²) in [7, 11) is 3.09. The van der Waals surface area contributed by atoms with E-state index < -0.39 is 59.0 Å². The maximum absolute atomic E-state index is 14.2. The fourth-order valence-electron chi connectivity index (χ4n) is 5.25. The number of rotatable bonds is 17. The van der Waals surface area contributed by atoms with Gasteiger partial charge < -0.3 is 29.7 Å². The minimum Gasteiger partial charge on any atom is -0.462 e. The summed E-state index contributed by atoms with van der Waals surface area (Å²) in [5, 5.41) is 5.38. The second-order valence-corrected chi connectivity index (χ2v) is 14.6. The van der Waals surface area contributed by atoms with E-state index >= 15 is 0 Å². The van der Waals surface area contributed by atoms with Crippen molar-refractivity contribution in [3.8, 4) is 0 Å². The number of likely N-dealkylation sites (N-methyl/N-ethyl adjacent to an activating group) is 2. The van der Waals surface area contributed by atoms with Gasteiger partial charge in [0.25, 0.3) is 12.9 Å². The number of carbonyl (C=O) groups is 6. The topological polar surface area (TPSA) is 161 Å². The van der Waals surface area contributed by atoms with Gasteiger partial charge in [-0.2, -0.15) is 0 Å². The molecule has 0 bridgehead atoms. The van der Waals surface area contributed by atoms with E-state index in [0.29, 0.717) is 0 Å². The van der Waals surface area contributed by atoms with Gasteiger partial charge in [-0.05, 0) is 41.2 Å². The number of hydrogen-bond acceptors (Lipinski definition) is 9. The van der Waals surface area contributed by atoms with Gasteiger partial charge in [0.2, 0.25) is 23.9 Å². The first-order valence-corrected chi connectivity index (χ1v) is 16.4. The molecular weight excluding hydrogens is 632 g/mol. The maximum Gasteiger partial charge on any atom is 0.410 e. The molecule has 274 valence electrons. The Balaban J connectivity index is 3.26. The van der Waals surface area contributed by atoms with Crippen LogP contribution in [0.15, 0.2) is 35.9 Å². The van der Waals surface area contributed by atoms with Gasteiger partial charge in [-0.15, -0.1) is 0 Å². The Hall–Kier alpha value is -4.42. The molecule has 13 heteroatoms. The van der Waals surface area contributed by atoms with Crippen LogP contribution in [0.4, 0.5) is 4.79 Å². The maximum atomic E-state index is 14.2. The summed E-state index contributed by atoms with van der Waals surface area (Å²) in [6.45, 7) is 18.3. The van der Waals surface area contributed by atoms with E-state index in [2.05, 4.69) is 22.3 Å². The third kappa shape index (κ3) is 13.2. The molecule has 1 aromatic rings. The molecule has 0 fully saturated rings. The minimum atomic E-state index is -1.20. The van der Waals surface area contributed by atoms with Gasteiger partial charge in [-0.1, -0.05) is 92.7 Å². The molecule has 0 radical (unpaired) electrons. The van der Waals surface area contributed by atoms with Crippen molar-refractivity contribution in [3.05, 3.63) is 47.0 Å². The van der Waals surface area contributed by atoms with Crippen molar-refractivity contribution in [2.45, 2.75) is 107 Å². The van der Waals surface area contributed by atoms with Crippen LogP contribution < -0.4 is 10.6 Å². The summed E-state index contributed by atoms with van der Waals surface area (Å²) >= 11 is 0. The zero-order chi connectivity index (χ0) is 37.7. The number of nitrogens with zero attached hydrogens (tertiary/aromatic N) is 2. The third-order valence-corrected chi connectivity index (χ3v) is 8.02. The molecule has 2 N–H and O–H groups in total. The lowest BCUT2D eigenvalue weighted by atomic mass is 9.82. The lowest BCUT2D eigenvalue weighted by Crippen LogP contribution is -2.61. The lowest BCUT2D eigenvalue weighted by molar-refractivity contribution is -0.146. The van der Waals surface area contributed by atoms with E-state index in [1.807, 2.05) is 79.7 Å². The average Bonchev–Trinajstić information content (AvgIpc) is 3.01. The van der Waals surface area contributed by atoms with Gasteiger partial charge in [0.15, 0.2) is 0 Å². The monoisotopic (exact) mass is 688 g/mol. The largest absolute Gasteiger partial charge is 0.462 e. The predicted molar refractivity (Wildman–Crippen MR) is 185 cm³/mol. The highest BCUT2D eigenvalue weighted by atomic mass is 16.6. The lowest BCUT2D eigenvalue weighted by Gasteiger charge is -2.40. The summed E-state index contributed by atoms with van der Waals surface area (Å²) in [6.07, 6.45) is 0.623. The van der Waals surface area contributed by atoms with E-state index in [9.17, 15) is 28.8 Å². The van der Waals surface area contributed by atoms with Crippen molar-refractivity contribution >= 4 is 36.8 Å². The smallest absolute Gasteiger partial charge is 0.410 e. The van der Waals surface area contributed by atoms with Crippen molar-refractivity contribution in [1.82, 2.24) is 20.4 Å². The molecule has 0 saturated carbocycles. The van der Waals surface area contributed by atoms with Crippen LogP contribution in [0.2, 0.25) is 0 Å². The Morgan fingerprint density at radius 3 is 1.90 bits per heavy atom. The molecule has 1 rings (SSSR count). The SMILES string of the molecule is CCc1ccc(COC(=O)N(C)C(C(=O)N[C@H](C(=O)N(C)[C@H](/C=C(\C)C(=O)NC(COC=O)OC=O)C(C)C)C(C)(C)C)C(C)(C)C)cc1. The van der Waals surface area contributed by atoms with E-state index in [-0.39, 0.29) is 37.6 Å². The minimum absolute atomic E-state index is 0.0401. The van der Waals surface area contributed by atoms with E-state index in [0.717, 1.165) is 12.0 Å². The van der Waals surface area contributed by atoms with Crippen LogP contribution in [-0.4, -0.2) is 91.6 Å². The molecule has 4 atom stereocenters. The molecule has 13 nitrogen and oxygen atoms in total. The highest BCUT2D eigenvalue weighted by Crippen LogP contribution is 2.28. The molecule has 0 aliphatic carbocycles. The fraction of sp³-hybridized carbons (Fsp3) is 0.611. The zero-order valence-corrected chi connectivity index (χ0v) is 31.1. The van der Waals surface area contributed by atoms with Crippen molar-refractivity contribution in [1.29, 1.82) is 0 Å². The highest BCUT2D eigenvalue weighted by molar-refractivity contribution is 5.94. The van der Waals surface area contributed by atoms with Gasteiger partial charge in [0, 0.05) is 19.7 Å². The molecule has 1 aromatic carbocycles. The van der Waals surface area contributed by atoms with Gasteiger partial charge in [0.1, 0.15) is 25.3 Å². The number of benzene rings is 1. The Morgan fingerprint density at radius 2 is 1.43 bits per heavy atom. The van der Waals surface area contributed by atoms with Crippen LogP contribution in [-0.2, 0) is 51.2 Å². The average molecular weight is 689 g/mol. The second kappa shape index (κ2) is 18.9. The van der Waals surface area contributed by atoms with Crippen molar-refractivity contribution in [2.75, 3.05) is 20.7 Å². The van der Waals surface area contributed by atoms with Crippen LogP contribution in [0.3, 0.4) is 0 Å². The van der Waals surface area contributed by atoms with Crippen molar-refractivity contribution in [3.63, 3.8) is 0 Å². The first-order chi connectivity index (χ1) is 22.7. The molecule has 0 saturated heterocycles. The Bertz CT molecular complexity index is 1310. The van der Waals surface area contributed by atoms with Crippen LogP contribution in [0.1, 0.15) is 80.4 Å². The fourth-order valence-corrected chi connectivity index (χ4v) is 5.25. The van der Waals surface area contributed by atoms with Gasteiger partial charge in [-0.25, -0.2) is 4.79 Å². The molecule has 0 aromatic heterocycles. The Kier molecular flexibility index (Phi) is 16.5. The number of ether oxygens (including phenoxy) is 3. The molecule has 4 amide bonds. The molecule has 49 heavy (non-hydrogen) atoms. The third-order valence-electron chi connectivity index (χ3n) is 8.02. The first kappa shape index (κ1) is 42.6. The summed E-state index contributed by atoms with van der Waals surface area (Å²) in [5.41, 5.74) is 0.726. The summed E-state index contributed by atoms with van der Waals surface area (Å²) in [6, 6.07) is 5.17. The van der Waals surface area contributed by atoms with Gasteiger partial charge in [0.05, 0.1) is 6.04 Å². The molecule has 0 spiro atoms. The number of aryl methyl sites for hydroxylation is 1. The second-order valence-electron chi connectivity index (χ2n) is 14.6. The summed E-state index contributed by atoms with van der Waals surface area (Å²) in [4.78, 5) is 78.3. The zero-order valence-electron chi connectivity index (χ0n) is 31.1. The van der Waals surface area contributed by atoms with Crippen molar-refractivity contribution < 1.29 is 43.0 Å². The molecule has 0 aliphatic heterocycles. The summed E-state index contributed by atoms with van der Waals surface area (Å²) in [5.74, 6) is -1.69. The Morgan fingerprint density at radius 1 is 0.857 bits per heavy atom. The van der Waals surface area contributed by atoms with Gasteiger partial charge >= 0.3 is 6.09 Å². The van der Waals surface area contributed by atoms with Crippen molar-refractivity contribution in [2.24, 2.45) is 16.7 Å². The predicted octanol–water partition coefficient (Wildman–Crippen LogP) is 3.98. The summed E-state index contributed by atoms with van der Waals surface area (Å²) < 4.78 is 14.9. The first-order valence-electron chi connectivity index (χ1n) is 16.4. The Labute approximate surface area is 291 Å². The number of amides is 4. The molecular formula is C36H56N4O9. The molecule has 2 unspecified atom stereocenters. The quantitative estimate of drug-likeness (QED) is 0.107. The van der Waals surface area contributed by atoms with Gasteiger partial charge in [-0.3, -0.25) is 28.9 Å². The molecule has 0 aliphatic rings. The standard InChI is InChI=1S/C36H56N4O9/c1-13-25-14-16-26(17-15-25)19-48-34(46)40(12)30(36(8,9)10)32(44)38-29(35(5,6)7)33(45)39(11)27(23(2)3)18-24(4)31(43)37-28(49-22-42)20-47-21-41/h14-18,21-23,27-30H,13,19-20H2,1-12H3,(H,37,43)(H,38,44)/b24-18+/t27-,28?,29-,30?/m1/s1. The van der Waals surface area contributed by atoms with E-state index in [1.165, 1.54) is 29.3 Å². The normalized spacial score (nSPS) is 14.4.